The Morgan fingerprint density at radius 2 is 2.28 bits per heavy atom. The van der Waals surface area contributed by atoms with Crippen molar-refractivity contribution in [2.24, 2.45) is 0 Å². The lowest BCUT2D eigenvalue weighted by atomic mass is 10.5. The van der Waals surface area contributed by atoms with Gasteiger partial charge < -0.3 is 0 Å². The molecule has 0 bridgehead atoms. The highest BCUT2D eigenvalue weighted by molar-refractivity contribution is 7.92. The molecule has 0 aromatic carbocycles. The maximum Gasteiger partial charge on any atom is 0.232 e. The van der Waals surface area contributed by atoms with Crippen LogP contribution in [-0.2, 0) is 10.0 Å². The van der Waals surface area contributed by atoms with Crippen molar-refractivity contribution in [3.63, 3.8) is 0 Å². The van der Waals surface area contributed by atoms with Gasteiger partial charge in [0, 0.05) is 12.4 Å². The van der Waals surface area contributed by atoms with Gasteiger partial charge in [0.25, 0.3) is 0 Å². The molecular formula is C10H13N5O2S. The number of nitrogens with zero attached hydrogens (tertiary/aromatic N) is 4. The van der Waals surface area contributed by atoms with E-state index in [2.05, 4.69) is 19.8 Å². The molecule has 0 saturated carbocycles. The summed E-state index contributed by atoms with van der Waals surface area (Å²) in [5, 5.41) is 4.01. The highest BCUT2D eigenvalue weighted by Gasteiger charge is 2.14. The maximum atomic E-state index is 11.7. The molecule has 0 aliphatic carbocycles. The quantitative estimate of drug-likeness (QED) is 0.866. The molecule has 2 heterocycles. The Morgan fingerprint density at radius 1 is 1.44 bits per heavy atom. The molecule has 0 saturated heterocycles. The number of hydrogen-bond acceptors (Lipinski definition) is 5. The van der Waals surface area contributed by atoms with Crippen LogP contribution in [0.25, 0.3) is 5.82 Å². The molecule has 1 N–H and O–H groups in total. The summed E-state index contributed by atoms with van der Waals surface area (Å²) >= 11 is 0. The van der Waals surface area contributed by atoms with Crippen LogP contribution in [-0.4, -0.2) is 33.9 Å². The highest BCUT2D eigenvalue weighted by atomic mass is 32.2. The second-order valence-electron chi connectivity index (χ2n) is 3.63. The fourth-order valence-corrected chi connectivity index (χ4v) is 2.58. The minimum absolute atomic E-state index is 0.0560. The third kappa shape index (κ3) is 2.83. The summed E-state index contributed by atoms with van der Waals surface area (Å²) < 4.78 is 27.4. The zero-order valence-corrected chi connectivity index (χ0v) is 10.6. The Balaban J connectivity index is 2.35. The van der Waals surface area contributed by atoms with E-state index >= 15 is 0 Å². The van der Waals surface area contributed by atoms with E-state index in [0.717, 1.165) is 0 Å². The number of rotatable bonds is 5. The third-order valence-corrected chi connectivity index (χ3v) is 3.63. The molecule has 2 aromatic rings. The van der Waals surface area contributed by atoms with Gasteiger partial charge in [0.1, 0.15) is 12.0 Å². The predicted octanol–water partition coefficient (Wildman–Crippen LogP) is 0.814. The molecule has 0 fully saturated rings. The second kappa shape index (κ2) is 5.13. The average Bonchev–Trinajstić information content (AvgIpc) is 2.82. The van der Waals surface area contributed by atoms with Crippen molar-refractivity contribution in [3.05, 3.63) is 31.0 Å². The van der Waals surface area contributed by atoms with Gasteiger partial charge in [0.05, 0.1) is 11.9 Å². The summed E-state index contributed by atoms with van der Waals surface area (Å²) in [5.74, 6) is 0.454. The number of hydrogen-bond donors (Lipinski definition) is 1. The van der Waals surface area contributed by atoms with Gasteiger partial charge in [-0.3, -0.25) is 4.72 Å². The molecule has 2 aromatic heterocycles. The summed E-state index contributed by atoms with van der Waals surface area (Å²) in [6.45, 7) is 1.80. The van der Waals surface area contributed by atoms with Gasteiger partial charge in [0.15, 0.2) is 5.82 Å². The van der Waals surface area contributed by atoms with Crippen molar-refractivity contribution in [1.82, 2.24) is 19.7 Å². The summed E-state index contributed by atoms with van der Waals surface area (Å²) in [7, 11) is -3.37. The van der Waals surface area contributed by atoms with E-state index in [1.165, 1.54) is 17.2 Å². The summed E-state index contributed by atoms with van der Waals surface area (Å²) in [6.07, 6.45) is 6.57. The van der Waals surface area contributed by atoms with Crippen molar-refractivity contribution in [1.29, 1.82) is 0 Å². The Hall–Kier alpha value is -1.96. The fraction of sp³-hybridized carbons (Fsp3) is 0.300. The van der Waals surface area contributed by atoms with Crippen LogP contribution >= 0.6 is 0 Å². The van der Waals surface area contributed by atoms with Crippen molar-refractivity contribution in [3.8, 4) is 5.82 Å². The molecule has 0 unspecified atom stereocenters. The Bertz CT molecular complexity index is 609. The summed E-state index contributed by atoms with van der Waals surface area (Å²) in [4.78, 5) is 7.85. The SMILES string of the molecule is CCCS(=O)(=O)Nc1cncnc1-n1cccn1. The highest BCUT2D eigenvalue weighted by Crippen LogP contribution is 2.16. The zero-order valence-electron chi connectivity index (χ0n) is 9.81. The fourth-order valence-electron chi connectivity index (χ4n) is 1.46. The van der Waals surface area contributed by atoms with Crippen molar-refractivity contribution in [2.45, 2.75) is 13.3 Å². The lowest BCUT2D eigenvalue weighted by Gasteiger charge is -2.10. The van der Waals surface area contributed by atoms with Gasteiger partial charge in [-0.1, -0.05) is 6.92 Å². The first kappa shape index (κ1) is 12.5. The topological polar surface area (TPSA) is 89.8 Å². The van der Waals surface area contributed by atoms with E-state index in [0.29, 0.717) is 17.9 Å². The molecule has 8 heteroatoms. The predicted molar refractivity (Wildman–Crippen MR) is 66.9 cm³/mol. The normalized spacial score (nSPS) is 11.4. The van der Waals surface area contributed by atoms with Gasteiger partial charge in [0.2, 0.25) is 10.0 Å². The zero-order chi connectivity index (χ0) is 13.0. The van der Waals surface area contributed by atoms with Gasteiger partial charge in [-0.15, -0.1) is 0 Å². The molecule has 0 amide bonds. The summed E-state index contributed by atoms with van der Waals surface area (Å²) in [6, 6.07) is 1.73. The number of sulfonamides is 1. The van der Waals surface area contributed by atoms with Gasteiger partial charge in [-0.25, -0.2) is 23.1 Å². The molecule has 96 valence electrons. The Kier molecular flexibility index (Phi) is 3.56. The standard InChI is InChI=1S/C10H13N5O2S/c1-2-6-18(16,17)14-9-7-11-8-12-10(9)15-5-3-4-13-15/h3-5,7-8,14H,2,6H2,1H3. The molecule has 0 atom stereocenters. The third-order valence-electron chi connectivity index (χ3n) is 2.15. The molecule has 0 aliphatic heterocycles. The number of anilines is 1. The monoisotopic (exact) mass is 267 g/mol. The first-order valence-corrected chi connectivity index (χ1v) is 7.08. The van der Waals surface area contributed by atoms with E-state index in [1.807, 2.05) is 0 Å². The Labute approximate surface area is 105 Å². The summed E-state index contributed by atoms with van der Waals surface area (Å²) in [5.41, 5.74) is 0.314. The molecule has 2 rings (SSSR count). The first-order valence-electron chi connectivity index (χ1n) is 5.43. The lowest BCUT2D eigenvalue weighted by Crippen LogP contribution is -2.18. The van der Waals surface area contributed by atoms with Crippen molar-refractivity contribution < 1.29 is 8.42 Å². The minimum Gasteiger partial charge on any atom is -0.278 e. The van der Waals surface area contributed by atoms with Crippen LogP contribution in [0.15, 0.2) is 31.0 Å². The molecule has 0 spiro atoms. The number of aromatic nitrogens is 4. The minimum atomic E-state index is -3.37. The average molecular weight is 267 g/mol. The van der Waals surface area contributed by atoms with Gasteiger partial charge >= 0.3 is 0 Å². The smallest absolute Gasteiger partial charge is 0.232 e. The van der Waals surface area contributed by atoms with Gasteiger partial charge in [-0.2, -0.15) is 5.10 Å². The largest absolute Gasteiger partial charge is 0.278 e. The lowest BCUT2D eigenvalue weighted by molar-refractivity contribution is 0.599. The van der Waals surface area contributed by atoms with Crippen LogP contribution < -0.4 is 4.72 Å². The number of nitrogens with one attached hydrogen (secondary N) is 1. The van der Waals surface area contributed by atoms with Crippen LogP contribution in [0.4, 0.5) is 5.69 Å². The van der Waals surface area contributed by atoms with Crippen molar-refractivity contribution >= 4 is 15.7 Å². The van der Waals surface area contributed by atoms with E-state index in [1.54, 1.807) is 25.4 Å². The molecule has 7 nitrogen and oxygen atoms in total. The molecule has 0 radical (unpaired) electrons. The van der Waals surface area contributed by atoms with Crippen LogP contribution in [0.5, 0.6) is 0 Å². The van der Waals surface area contributed by atoms with Crippen molar-refractivity contribution in [2.75, 3.05) is 10.5 Å². The molecule has 0 aliphatic rings. The van der Waals surface area contributed by atoms with E-state index in [9.17, 15) is 8.42 Å². The van der Waals surface area contributed by atoms with Crippen LogP contribution in [0.2, 0.25) is 0 Å². The Morgan fingerprint density at radius 3 is 2.94 bits per heavy atom. The van der Waals surface area contributed by atoms with E-state index in [-0.39, 0.29) is 5.75 Å². The molecular weight excluding hydrogens is 254 g/mol. The van der Waals surface area contributed by atoms with Crippen LogP contribution in [0.1, 0.15) is 13.3 Å². The maximum absolute atomic E-state index is 11.7. The van der Waals surface area contributed by atoms with Gasteiger partial charge in [-0.05, 0) is 12.5 Å². The van der Waals surface area contributed by atoms with E-state index < -0.39 is 10.0 Å². The van der Waals surface area contributed by atoms with Crippen LogP contribution in [0.3, 0.4) is 0 Å². The second-order valence-corrected chi connectivity index (χ2v) is 5.47. The van der Waals surface area contributed by atoms with E-state index in [4.69, 9.17) is 0 Å². The van der Waals surface area contributed by atoms with Crippen LogP contribution in [0, 0.1) is 0 Å². The molecule has 18 heavy (non-hydrogen) atoms. The first-order chi connectivity index (χ1) is 8.62.